The van der Waals surface area contributed by atoms with Gasteiger partial charge < -0.3 is 24.0 Å². The van der Waals surface area contributed by atoms with Gasteiger partial charge in [-0.25, -0.2) is 14.0 Å². The Kier molecular flexibility index (Phi) is 10.9. The number of rotatable bonds is 11. The van der Waals surface area contributed by atoms with Crippen molar-refractivity contribution < 1.29 is 19.2 Å². The van der Waals surface area contributed by atoms with Crippen LogP contribution < -0.4 is 25.2 Å². The molecular weight excluding hydrogens is 679 g/mol. The Morgan fingerprint density at radius 1 is 0.980 bits per heavy atom. The monoisotopic (exact) mass is 721 g/mol. The van der Waals surface area contributed by atoms with Crippen LogP contribution in [0.4, 0.5) is 11.4 Å². The van der Waals surface area contributed by atoms with E-state index in [0.29, 0.717) is 35.4 Å². The third-order valence-electron chi connectivity index (χ3n) is 9.24. The second-order valence-corrected chi connectivity index (χ2v) is 13.2. The molecule has 0 bridgehead atoms. The Labute approximate surface area is 302 Å². The number of aromatic nitrogens is 3. The van der Waals surface area contributed by atoms with Crippen molar-refractivity contribution in [2.45, 2.75) is 45.6 Å². The van der Waals surface area contributed by atoms with Gasteiger partial charge in [-0.2, -0.15) is 15.1 Å². The Hall–Kier alpha value is -4.20. The van der Waals surface area contributed by atoms with Gasteiger partial charge in [0.05, 0.1) is 23.4 Å². The van der Waals surface area contributed by atoms with Crippen LogP contribution in [0.3, 0.4) is 0 Å². The molecule has 3 aliphatic heterocycles. The highest BCUT2D eigenvalue weighted by atomic mass is 35.5. The number of piperazine rings is 1. The van der Waals surface area contributed by atoms with Crippen LogP contribution >= 0.6 is 23.2 Å². The maximum atomic E-state index is 12.8. The number of aliphatic imine (C=N–C) groups is 1. The normalized spacial score (nSPS) is 22.2. The van der Waals surface area contributed by atoms with E-state index in [1.54, 1.807) is 29.4 Å². The molecule has 0 aliphatic carbocycles. The molecule has 4 heterocycles. The molecule has 50 heavy (non-hydrogen) atoms. The first-order valence-corrected chi connectivity index (χ1v) is 17.3. The number of hydrogen-bond acceptors (Lipinski definition) is 9. The minimum Gasteiger partial charge on any atom is -0.491 e. The third kappa shape index (κ3) is 7.45. The van der Waals surface area contributed by atoms with E-state index in [-0.39, 0.29) is 25.3 Å². The lowest BCUT2D eigenvalue weighted by Gasteiger charge is -2.37. The summed E-state index contributed by atoms with van der Waals surface area (Å²) in [6, 6.07) is 21.6. The summed E-state index contributed by atoms with van der Waals surface area (Å²) in [7, 11) is 0. The van der Waals surface area contributed by atoms with Crippen LogP contribution in [-0.4, -0.2) is 79.1 Å². The Morgan fingerprint density at radius 2 is 1.64 bits per heavy atom. The van der Waals surface area contributed by atoms with Crippen molar-refractivity contribution in [3.05, 3.63) is 99.2 Å². The van der Waals surface area contributed by atoms with Gasteiger partial charge in [-0.05, 0) is 74.0 Å². The first kappa shape index (κ1) is 35.6. The van der Waals surface area contributed by atoms with Gasteiger partial charge in [-0.1, -0.05) is 48.7 Å². The van der Waals surface area contributed by atoms with Gasteiger partial charge in [0.15, 0.2) is 12.9 Å². The van der Waals surface area contributed by atoms with Gasteiger partial charge in [0, 0.05) is 48.1 Å². The molecule has 0 saturated carbocycles. The molecule has 1 aromatic heterocycles. The number of nitrogens with zero attached hydrogens (tertiary/aromatic N) is 7. The van der Waals surface area contributed by atoms with E-state index in [9.17, 15) is 4.79 Å². The van der Waals surface area contributed by atoms with Gasteiger partial charge in [-0.15, -0.1) is 0 Å². The zero-order chi connectivity index (χ0) is 34.0. The molecule has 1 N–H and O–H groups in total. The smallest absolute Gasteiger partial charge is 0.350 e. The van der Waals surface area contributed by atoms with Crippen molar-refractivity contribution in [2.75, 3.05) is 55.7 Å². The quantitative estimate of drug-likeness (QED) is 0.238. The Balaban J connectivity index is 0.00000432. The van der Waals surface area contributed by atoms with Crippen molar-refractivity contribution in [2.24, 2.45) is 10.1 Å². The summed E-state index contributed by atoms with van der Waals surface area (Å²) in [4.78, 5) is 21.6. The van der Waals surface area contributed by atoms with Crippen LogP contribution in [0, 0.1) is 0 Å². The van der Waals surface area contributed by atoms with Crippen molar-refractivity contribution in [3.63, 3.8) is 0 Å². The Bertz CT molecular complexity index is 1860. The molecular formula is C36H43Cl2N8O4+. The van der Waals surface area contributed by atoms with E-state index in [1.807, 2.05) is 44.2 Å². The van der Waals surface area contributed by atoms with Crippen molar-refractivity contribution in [3.8, 4) is 11.4 Å². The highest BCUT2D eigenvalue weighted by Gasteiger charge is 2.48. The molecule has 0 amide bonds. The molecule has 4 aromatic rings. The van der Waals surface area contributed by atoms with Crippen LogP contribution in [0.25, 0.3) is 5.69 Å². The number of benzene rings is 3. The first-order valence-electron chi connectivity index (χ1n) is 16.5. The molecule has 7 rings (SSSR count). The maximum Gasteiger partial charge on any atom is 0.350 e. The molecule has 14 heteroatoms. The number of nitrogens with one attached hydrogen (secondary N) is 1. The van der Waals surface area contributed by atoms with Crippen molar-refractivity contribution in [1.82, 2.24) is 14.3 Å². The summed E-state index contributed by atoms with van der Waals surface area (Å²) < 4.78 is 22.1. The van der Waals surface area contributed by atoms with Crippen LogP contribution in [0.1, 0.15) is 39.3 Å². The fourth-order valence-electron chi connectivity index (χ4n) is 6.32. The lowest BCUT2D eigenvalue weighted by molar-refractivity contribution is -0.817. The average molecular weight is 723 g/mol. The number of hydrogen-bond donors (Lipinski definition) is 1. The van der Waals surface area contributed by atoms with E-state index >= 15 is 0 Å². The number of halogens is 2. The summed E-state index contributed by atoms with van der Waals surface area (Å²) in [5.41, 5.74) is 3.67. The third-order valence-corrected chi connectivity index (χ3v) is 9.79. The molecule has 264 valence electrons. The van der Waals surface area contributed by atoms with Gasteiger partial charge in [0.2, 0.25) is 6.34 Å². The molecule has 4 atom stereocenters. The summed E-state index contributed by atoms with van der Waals surface area (Å²) >= 11 is 12.8. The minimum atomic E-state index is -1.12. The summed E-state index contributed by atoms with van der Waals surface area (Å²) in [6.07, 6.45) is 5.32. The van der Waals surface area contributed by atoms with Crippen LogP contribution in [0.5, 0.6) is 5.75 Å². The summed E-state index contributed by atoms with van der Waals surface area (Å²) in [6.45, 7) is 8.60. The second kappa shape index (κ2) is 15.4. The lowest BCUT2D eigenvalue weighted by atomic mass is 10.1. The van der Waals surface area contributed by atoms with E-state index in [1.165, 1.54) is 11.0 Å². The summed E-state index contributed by atoms with van der Waals surface area (Å²) in [5.74, 6) is -0.368. The maximum absolute atomic E-state index is 12.8. The topological polar surface area (TPSA) is 103 Å². The van der Waals surface area contributed by atoms with Gasteiger partial charge in [0.25, 0.3) is 5.79 Å². The molecule has 2 unspecified atom stereocenters. The summed E-state index contributed by atoms with van der Waals surface area (Å²) in [5, 5.41) is 10.3. The predicted octanol–water partition coefficient (Wildman–Crippen LogP) is 4.79. The number of anilines is 2. The van der Waals surface area contributed by atoms with Crippen molar-refractivity contribution >= 4 is 47.3 Å². The molecule has 2 fully saturated rings. The molecule has 3 aliphatic rings. The van der Waals surface area contributed by atoms with Crippen LogP contribution in [0.2, 0.25) is 10.0 Å². The van der Waals surface area contributed by atoms with E-state index < -0.39 is 5.79 Å². The number of quaternary nitrogens is 1. The standard InChI is InChI=1S/C35H38Cl2N8O4.CH4/c1-3-25(2)45-34(46)44(24-40-45)29-7-5-27(6-8-29)41-14-16-42(17-15-41)28-9-11-30(12-10-28)47-19-31-20-48-35(49-31,21-43-23-38-22-39-43)32-13-4-26(36)18-33(32)37;/h4-13,18,22-25,31H,3,14-17,19-21H2,1-2H3;1H4/p+1/t25?,31-,35-;/m0./s1. The van der Waals surface area contributed by atoms with Crippen molar-refractivity contribution in [1.29, 1.82) is 0 Å². The van der Waals surface area contributed by atoms with E-state index in [0.717, 1.165) is 60.4 Å². The lowest BCUT2D eigenvalue weighted by Crippen LogP contribution is -3.07. The molecule has 3 aromatic carbocycles. The predicted molar refractivity (Wildman–Crippen MR) is 198 cm³/mol. The molecule has 0 spiro atoms. The average Bonchev–Trinajstić information content (AvgIpc) is 3.88. The Morgan fingerprint density at radius 3 is 2.26 bits per heavy atom. The first-order chi connectivity index (χ1) is 23.8. The van der Waals surface area contributed by atoms with Gasteiger partial charge in [-0.3, -0.25) is 0 Å². The van der Waals surface area contributed by atoms with E-state index in [2.05, 4.69) is 49.3 Å². The fourth-order valence-corrected chi connectivity index (χ4v) is 6.87. The fraction of sp³-hybridized carbons (Fsp3) is 0.389. The second-order valence-electron chi connectivity index (χ2n) is 12.4. The SMILES string of the molecule is C.CCC(C)n1ncn(-c2ccc(N3CCN(c4ccc(OC[C@H]5CO[C@](C[NH+]6C=NC=N6)(c6ccc(Cl)cc6Cl)O5)cc4)CC3)cc2)c1=O. The number of ether oxygens (including phenoxy) is 3. The highest BCUT2D eigenvalue weighted by molar-refractivity contribution is 6.35. The minimum absolute atomic E-state index is 0. The zero-order valence-corrected chi connectivity index (χ0v) is 28.9. The molecule has 12 nitrogen and oxygen atoms in total. The van der Waals surface area contributed by atoms with Crippen LogP contribution in [0.15, 0.2) is 87.9 Å². The molecule has 0 radical (unpaired) electrons. The van der Waals surface area contributed by atoms with Crippen LogP contribution in [-0.2, 0) is 15.3 Å². The van der Waals surface area contributed by atoms with Gasteiger partial charge in [0.1, 0.15) is 24.8 Å². The van der Waals surface area contributed by atoms with Gasteiger partial charge >= 0.3 is 5.69 Å². The largest absolute Gasteiger partial charge is 0.491 e. The molecule has 2 saturated heterocycles. The zero-order valence-electron chi connectivity index (χ0n) is 27.4. The highest BCUT2D eigenvalue weighted by Crippen LogP contribution is 2.38. The van der Waals surface area contributed by atoms with E-state index in [4.69, 9.17) is 37.4 Å².